The van der Waals surface area contributed by atoms with Crippen LogP contribution < -0.4 is 0 Å². The van der Waals surface area contributed by atoms with Crippen molar-refractivity contribution in [2.75, 3.05) is 19.8 Å². The average Bonchev–Trinajstić information content (AvgIpc) is 2.29. The van der Waals surface area contributed by atoms with Crippen molar-refractivity contribution in [2.45, 2.75) is 86.0 Å². The van der Waals surface area contributed by atoms with Crippen LogP contribution in [0.2, 0.25) is 0 Å². The molecule has 0 unspecified atom stereocenters. The summed E-state index contributed by atoms with van der Waals surface area (Å²) in [5.41, 5.74) is -1.35. The molecule has 0 bridgehead atoms. The Balaban J connectivity index is 4.28. The SMILES string of the molecule is CC(C)(C)OCC(C)(C)C(C)(C)OCCOC(=O)OC(C)(C)C. The third-order valence-electron chi connectivity index (χ3n) is 3.65. The Bertz CT molecular complexity index is 372. The predicted octanol–water partition coefficient (Wildman–Crippen LogP) is 4.57. The molecule has 23 heavy (non-hydrogen) atoms. The molecule has 0 atom stereocenters. The summed E-state index contributed by atoms with van der Waals surface area (Å²) in [4.78, 5) is 11.5. The Morgan fingerprint density at radius 1 is 0.739 bits per heavy atom. The third kappa shape index (κ3) is 9.82. The molecule has 0 rings (SSSR count). The number of hydrogen-bond donors (Lipinski definition) is 0. The number of carbonyl (C=O) groups is 1. The first-order chi connectivity index (χ1) is 10.1. The molecule has 0 aromatic carbocycles. The standard InChI is InChI=1S/C18H36O5/c1-15(2,3)22-13-17(7,8)18(9,10)21-12-11-20-14(19)23-16(4,5)6/h11-13H2,1-10H3. The van der Waals surface area contributed by atoms with Crippen molar-refractivity contribution in [3.63, 3.8) is 0 Å². The van der Waals surface area contributed by atoms with Gasteiger partial charge in [0.05, 0.1) is 24.4 Å². The van der Waals surface area contributed by atoms with E-state index in [0.717, 1.165) is 0 Å². The van der Waals surface area contributed by atoms with E-state index in [4.69, 9.17) is 18.9 Å². The van der Waals surface area contributed by atoms with E-state index in [1.54, 1.807) is 20.8 Å². The summed E-state index contributed by atoms with van der Waals surface area (Å²) in [5, 5.41) is 0. The first-order valence-corrected chi connectivity index (χ1v) is 8.19. The summed E-state index contributed by atoms with van der Waals surface area (Å²) in [5.74, 6) is 0. The van der Waals surface area contributed by atoms with Crippen molar-refractivity contribution >= 4 is 6.16 Å². The maximum Gasteiger partial charge on any atom is 0.508 e. The van der Waals surface area contributed by atoms with E-state index in [0.29, 0.717) is 13.2 Å². The summed E-state index contributed by atoms with van der Waals surface area (Å²) in [6.45, 7) is 20.8. The van der Waals surface area contributed by atoms with E-state index in [1.165, 1.54) is 0 Å². The van der Waals surface area contributed by atoms with Gasteiger partial charge in [0.25, 0.3) is 0 Å². The molecule has 0 fully saturated rings. The third-order valence-corrected chi connectivity index (χ3v) is 3.65. The minimum absolute atomic E-state index is 0.161. The Kier molecular flexibility index (Phi) is 7.57. The summed E-state index contributed by atoms with van der Waals surface area (Å²) < 4.78 is 21.9. The summed E-state index contributed by atoms with van der Waals surface area (Å²) in [6, 6.07) is 0. The van der Waals surface area contributed by atoms with Crippen LogP contribution >= 0.6 is 0 Å². The second-order valence-corrected chi connectivity index (χ2v) is 8.96. The highest BCUT2D eigenvalue weighted by Gasteiger charge is 2.39. The molecule has 0 saturated carbocycles. The van der Waals surface area contributed by atoms with Crippen molar-refractivity contribution in [3.8, 4) is 0 Å². The summed E-state index contributed by atoms with van der Waals surface area (Å²) in [7, 11) is 0. The quantitative estimate of drug-likeness (QED) is 0.505. The van der Waals surface area contributed by atoms with E-state index < -0.39 is 17.4 Å². The van der Waals surface area contributed by atoms with Crippen LogP contribution in [0.15, 0.2) is 0 Å². The first-order valence-electron chi connectivity index (χ1n) is 8.19. The topological polar surface area (TPSA) is 54.0 Å². The molecule has 0 aliphatic rings. The molecular weight excluding hydrogens is 296 g/mol. The minimum Gasteiger partial charge on any atom is -0.432 e. The van der Waals surface area contributed by atoms with Crippen LogP contribution in [0.1, 0.15) is 69.2 Å². The maximum absolute atomic E-state index is 11.5. The van der Waals surface area contributed by atoms with E-state index in [9.17, 15) is 4.79 Å². The lowest BCUT2D eigenvalue weighted by Gasteiger charge is -2.42. The van der Waals surface area contributed by atoms with Gasteiger partial charge >= 0.3 is 6.16 Å². The number of ether oxygens (including phenoxy) is 4. The second-order valence-electron chi connectivity index (χ2n) is 8.96. The smallest absolute Gasteiger partial charge is 0.432 e. The Labute approximate surface area is 142 Å². The lowest BCUT2D eigenvalue weighted by Crippen LogP contribution is -2.46. The lowest BCUT2D eigenvalue weighted by molar-refractivity contribution is -0.151. The summed E-state index contributed by atoms with van der Waals surface area (Å²) in [6.07, 6.45) is -0.672. The molecule has 0 N–H and O–H groups in total. The molecule has 0 aromatic rings. The average molecular weight is 332 g/mol. The number of hydrogen-bond acceptors (Lipinski definition) is 5. The minimum atomic E-state index is -0.672. The van der Waals surface area contributed by atoms with Gasteiger partial charge in [-0.15, -0.1) is 0 Å². The number of rotatable bonds is 7. The number of carbonyl (C=O) groups excluding carboxylic acids is 1. The van der Waals surface area contributed by atoms with Gasteiger partial charge < -0.3 is 18.9 Å². The van der Waals surface area contributed by atoms with Crippen molar-refractivity contribution in [1.82, 2.24) is 0 Å². The molecule has 0 aliphatic carbocycles. The Hall–Kier alpha value is -0.810. The molecule has 0 heterocycles. The van der Waals surface area contributed by atoms with Gasteiger partial charge in [-0.05, 0) is 55.4 Å². The largest absolute Gasteiger partial charge is 0.508 e. The van der Waals surface area contributed by atoms with Crippen LogP contribution in [0.3, 0.4) is 0 Å². The van der Waals surface area contributed by atoms with Crippen molar-refractivity contribution in [1.29, 1.82) is 0 Å². The summed E-state index contributed by atoms with van der Waals surface area (Å²) >= 11 is 0. The molecule has 0 radical (unpaired) electrons. The fraction of sp³-hybridized carbons (Fsp3) is 0.944. The van der Waals surface area contributed by atoms with Crippen LogP contribution in [-0.2, 0) is 18.9 Å². The molecule has 0 aliphatic heterocycles. The molecule has 0 amide bonds. The van der Waals surface area contributed by atoms with E-state index in [2.05, 4.69) is 13.8 Å². The Morgan fingerprint density at radius 3 is 1.70 bits per heavy atom. The van der Waals surface area contributed by atoms with Gasteiger partial charge in [-0.1, -0.05) is 13.8 Å². The highest BCUT2D eigenvalue weighted by atomic mass is 16.7. The highest BCUT2D eigenvalue weighted by molar-refractivity contribution is 5.60. The first kappa shape index (κ1) is 22.2. The van der Waals surface area contributed by atoms with Crippen molar-refractivity contribution < 1.29 is 23.7 Å². The fourth-order valence-corrected chi connectivity index (χ4v) is 1.47. The monoisotopic (exact) mass is 332 g/mol. The fourth-order valence-electron chi connectivity index (χ4n) is 1.47. The van der Waals surface area contributed by atoms with Crippen LogP contribution in [0.25, 0.3) is 0 Å². The second kappa shape index (κ2) is 7.84. The van der Waals surface area contributed by atoms with Gasteiger partial charge in [0.2, 0.25) is 0 Å². The van der Waals surface area contributed by atoms with Gasteiger partial charge in [0.1, 0.15) is 12.2 Å². The molecule has 0 spiro atoms. The van der Waals surface area contributed by atoms with Gasteiger partial charge in [-0.3, -0.25) is 0 Å². The van der Waals surface area contributed by atoms with Gasteiger partial charge in [-0.2, -0.15) is 0 Å². The maximum atomic E-state index is 11.5. The molecule has 0 saturated heterocycles. The normalized spacial score (nSPS) is 13.8. The van der Waals surface area contributed by atoms with Crippen LogP contribution in [0.5, 0.6) is 0 Å². The lowest BCUT2D eigenvalue weighted by atomic mass is 9.77. The Morgan fingerprint density at radius 2 is 1.26 bits per heavy atom. The van der Waals surface area contributed by atoms with E-state index >= 15 is 0 Å². The zero-order valence-corrected chi connectivity index (χ0v) is 16.7. The molecule has 5 heteroatoms. The zero-order chi connectivity index (χ0) is 18.5. The predicted molar refractivity (Wildman–Crippen MR) is 91.7 cm³/mol. The zero-order valence-electron chi connectivity index (χ0n) is 16.7. The van der Waals surface area contributed by atoms with Crippen LogP contribution in [0, 0.1) is 5.41 Å². The van der Waals surface area contributed by atoms with Gasteiger partial charge in [0, 0.05) is 5.41 Å². The highest BCUT2D eigenvalue weighted by Crippen LogP contribution is 2.35. The molecular formula is C18H36O5. The van der Waals surface area contributed by atoms with Gasteiger partial charge in [-0.25, -0.2) is 4.79 Å². The van der Waals surface area contributed by atoms with Crippen LogP contribution in [0.4, 0.5) is 4.79 Å². The molecule has 138 valence electrons. The van der Waals surface area contributed by atoms with Gasteiger partial charge in [0.15, 0.2) is 0 Å². The molecule has 0 aromatic heterocycles. The van der Waals surface area contributed by atoms with Crippen molar-refractivity contribution in [2.24, 2.45) is 5.41 Å². The molecule has 5 nitrogen and oxygen atoms in total. The van der Waals surface area contributed by atoms with Crippen LogP contribution in [-0.4, -0.2) is 42.8 Å². The van der Waals surface area contributed by atoms with Crippen molar-refractivity contribution in [3.05, 3.63) is 0 Å². The van der Waals surface area contributed by atoms with E-state index in [-0.39, 0.29) is 17.6 Å². The van der Waals surface area contributed by atoms with E-state index in [1.807, 2.05) is 34.6 Å².